The van der Waals surface area contributed by atoms with Crippen LogP contribution in [0.5, 0.6) is 0 Å². The van der Waals surface area contributed by atoms with Crippen LogP contribution in [0.3, 0.4) is 0 Å². The number of aryl methyl sites for hydroxylation is 1. The average molecular weight is 271 g/mol. The summed E-state index contributed by atoms with van der Waals surface area (Å²) in [5.41, 5.74) is 1.40. The van der Waals surface area contributed by atoms with Gasteiger partial charge in [-0.25, -0.2) is 9.59 Å². The van der Waals surface area contributed by atoms with Crippen molar-refractivity contribution in [1.82, 2.24) is 5.32 Å². The van der Waals surface area contributed by atoms with Gasteiger partial charge < -0.3 is 15.7 Å². The topological polar surface area (TPSA) is 78.4 Å². The molecule has 0 heterocycles. The Morgan fingerprint density at radius 3 is 2.67 bits per heavy atom. The molecule has 0 aliphatic carbocycles. The standard InChI is InChI=1S/C12H15ClN2O3/c1-3-9(11(16)17)14-12(18)15-10-6-8(13)5-4-7(10)2/h4-6,9H,3H2,1-2H3,(H,16,17)(H2,14,15,18)/t9-/m1/s1. The van der Waals surface area contributed by atoms with Crippen molar-refractivity contribution < 1.29 is 14.7 Å². The van der Waals surface area contributed by atoms with E-state index in [1.165, 1.54) is 0 Å². The molecule has 1 aromatic carbocycles. The van der Waals surface area contributed by atoms with Crippen molar-refractivity contribution in [1.29, 1.82) is 0 Å². The van der Waals surface area contributed by atoms with Gasteiger partial charge >= 0.3 is 12.0 Å². The maximum Gasteiger partial charge on any atom is 0.326 e. The van der Waals surface area contributed by atoms with Gasteiger partial charge in [0.15, 0.2) is 0 Å². The van der Waals surface area contributed by atoms with E-state index in [1.807, 2.05) is 6.92 Å². The fraction of sp³-hybridized carbons (Fsp3) is 0.333. The summed E-state index contributed by atoms with van der Waals surface area (Å²) < 4.78 is 0. The van der Waals surface area contributed by atoms with E-state index in [9.17, 15) is 9.59 Å². The fourth-order valence-electron chi connectivity index (χ4n) is 1.38. The molecule has 18 heavy (non-hydrogen) atoms. The molecule has 5 nitrogen and oxygen atoms in total. The Morgan fingerprint density at radius 2 is 2.11 bits per heavy atom. The predicted molar refractivity (Wildman–Crippen MR) is 70.1 cm³/mol. The number of aliphatic carboxylic acids is 1. The molecule has 3 N–H and O–H groups in total. The molecule has 0 aliphatic rings. The molecule has 1 atom stereocenters. The number of carboxylic acids is 1. The lowest BCUT2D eigenvalue weighted by Crippen LogP contribution is -2.42. The highest BCUT2D eigenvalue weighted by atomic mass is 35.5. The molecule has 2 amide bonds. The highest BCUT2D eigenvalue weighted by molar-refractivity contribution is 6.31. The van der Waals surface area contributed by atoms with Crippen LogP contribution in [0.4, 0.5) is 10.5 Å². The van der Waals surface area contributed by atoms with Crippen LogP contribution in [0.15, 0.2) is 18.2 Å². The van der Waals surface area contributed by atoms with E-state index in [2.05, 4.69) is 10.6 Å². The fourth-order valence-corrected chi connectivity index (χ4v) is 1.56. The molecule has 98 valence electrons. The highest BCUT2D eigenvalue weighted by Gasteiger charge is 2.17. The zero-order chi connectivity index (χ0) is 13.7. The number of hydrogen-bond acceptors (Lipinski definition) is 2. The van der Waals surface area contributed by atoms with Crippen molar-refractivity contribution in [2.24, 2.45) is 0 Å². The Hall–Kier alpha value is -1.75. The Balaban J connectivity index is 2.70. The van der Waals surface area contributed by atoms with Gasteiger partial charge in [-0.2, -0.15) is 0 Å². The van der Waals surface area contributed by atoms with Crippen LogP contribution in [0.2, 0.25) is 5.02 Å². The molecule has 1 aromatic rings. The summed E-state index contributed by atoms with van der Waals surface area (Å²) in [6.45, 7) is 3.50. The first kappa shape index (κ1) is 14.3. The molecule has 6 heteroatoms. The molecule has 0 fully saturated rings. The van der Waals surface area contributed by atoms with E-state index in [0.717, 1.165) is 5.56 Å². The summed E-state index contributed by atoms with van der Waals surface area (Å²) >= 11 is 5.82. The Kier molecular flexibility index (Phi) is 4.97. The summed E-state index contributed by atoms with van der Waals surface area (Å²) in [5.74, 6) is -1.06. The van der Waals surface area contributed by atoms with Gasteiger partial charge in [-0.3, -0.25) is 0 Å². The van der Waals surface area contributed by atoms with Gasteiger partial charge in [0.2, 0.25) is 0 Å². The van der Waals surface area contributed by atoms with Crippen LogP contribution in [-0.4, -0.2) is 23.1 Å². The van der Waals surface area contributed by atoms with Gasteiger partial charge in [-0.15, -0.1) is 0 Å². The number of carbonyl (C=O) groups is 2. The zero-order valence-corrected chi connectivity index (χ0v) is 10.9. The lowest BCUT2D eigenvalue weighted by atomic mass is 10.2. The SMILES string of the molecule is CC[C@@H](NC(=O)Nc1cc(Cl)ccc1C)C(=O)O. The number of benzene rings is 1. The second-order valence-corrected chi connectivity index (χ2v) is 4.29. The molecule has 0 saturated carbocycles. The average Bonchev–Trinajstić information content (AvgIpc) is 2.30. The van der Waals surface area contributed by atoms with Crippen LogP contribution < -0.4 is 10.6 Å². The molecule has 0 aliphatic heterocycles. The third kappa shape index (κ3) is 3.92. The van der Waals surface area contributed by atoms with Crippen molar-refractivity contribution >= 4 is 29.3 Å². The number of hydrogen-bond donors (Lipinski definition) is 3. The second kappa shape index (κ2) is 6.26. The number of carboxylic acid groups (broad SMARTS) is 1. The predicted octanol–water partition coefficient (Wildman–Crippen LogP) is 2.63. The molecular weight excluding hydrogens is 256 g/mol. The van der Waals surface area contributed by atoms with Crippen molar-refractivity contribution in [2.75, 3.05) is 5.32 Å². The molecule has 0 bridgehead atoms. The zero-order valence-electron chi connectivity index (χ0n) is 10.2. The van der Waals surface area contributed by atoms with Crippen molar-refractivity contribution in [2.45, 2.75) is 26.3 Å². The van der Waals surface area contributed by atoms with Crippen molar-refractivity contribution in [3.05, 3.63) is 28.8 Å². The Bertz CT molecular complexity index is 463. The van der Waals surface area contributed by atoms with Gasteiger partial charge in [-0.05, 0) is 31.0 Å². The number of carbonyl (C=O) groups excluding carboxylic acids is 1. The van der Waals surface area contributed by atoms with Gasteiger partial charge in [0, 0.05) is 10.7 Å². The van der Waals surface area contributed by atoms with Crippen molar-refractivity contribution in [3.63, 3.8) is 0 Å². The Labute approximate surface area is 110 Å². The lowest BCUT2D eigenvalue weighted by molar-refractivity contribution is -0.139. The minimum Gasteiger partial charge on any atom is -0.480 e. The van der Waals surface area contributed by atoms with Crippen LogP contribution in [-0.2, 0) is 4.79 Å². The number of anilines is 1. The molecular formula is C12H15ClN2O3. The molecule has 0 spiro atoms. The number of nitrogens with one attached hydrogen (secondary N) is 2. The van der Waals surface area contributed by atoms with E-state index in [4.69, 9.17) is 16.7 Å². The summed E-state index contributed by atoms with van der Waals surface area (Å²) in [7, 11) is 0. The highest BCUT2D eigenvalue weighted by Crippen LogP contribution is 2.19. The monoisotopic (exact) mass is 270 g/mol. The van der Waals surface area contributed by atoms with Crippen LogP contribution in [0.25, 0.3) is 0 Å². The van der Waals surface area contributed by atoms with E-state index in [-0.39, 0.29) is 0 Å². The normalized spacial score (nSPS) is 11.7. The lowest BCUT2D eigenvalue weighted by Gasteiger charge is -2.14. The molecule has 1 rings (SSSR count). The van der Waals surface area contributed by atoms with Crippen LogP contribution in [0.1, 0.15) is 18.9 Å². The number of amides is 2. The first-order valence-electron chi connectivity index (χ1n) is 5.50. The summed E-state index contributed by atoms with van der Waals surface area (Å²) in [5, 5.41) is 14.3. The van der Waals surface area contributed by atoms with Crippen molar-refractivity contribution in [3.8, 4) is 0 Å². The number of halogens is 1. The minimum absolute atomic E-state index is 0.317. The quantitative estimate of drug-likeness (QED) is 0.787. The molecule has 0 saturated heterocycles. The smallest absolute Gasteiger partial charge is 0.326 e. The Morgan fingerprint density at radius 1 is 1.44 bits per heavy atom. The number of urea groups is 1. The summed E-state index contributed by atoms with van der Waals surface area (Å²) in [6.07, 6.45) is 0.317. The van der Waals surface area contributed by atoms with E-state index in [0.29, 0.717) is 17.1 Å². The third-order valence-electron chi connectivity index (χ3n) is 2.46. The first-order valence-corrected chi connectivity index (χ1v) is 5.88. The van der Waals surface area contributed by atoms with Gasteiger partial charge in [-0.1, -0.05) is 24.6 Å². The molecule has 0 aromatic heterocycles. The number of rotatable bonds is 4. The molecule has 0 unspecified atom stereocenters. The van der Waals surface area contributed by atoms with E-state index < -0.39 is 18.0 Å². The second-order valence-electron chi connectivity index (χ2n) is 3.86. The third-order valence-corrected chi connectivity index (χ3v) is 2.69. The van der Waals surface area contributed by atoms with Gasteiger partial charge in [0.25, 0.3) is 0 Å². The van der Waals surface area contributed by atoms with Gasteiger partial charge in [0.1, 0.15) is 6.04 Å². The largest absolute Gasteiger partial charge is 0.480 e. The first-order chi connectivity index (χ1) is 8.43. The van der Waals surface area contributed by atoms with E-state index >= 15 is 0 Å². The van der Waals surface area contributed by atoms with Crippen LogP contribution in [0, 0.1) is 6.92 Å². The van der Waals surface area contributed by atoms with Crippen LogP contribution >= 0.6 is 11.6 Å². The van der Waals surface area contributed by atoms with Gasteiger partial charge in [0.05, 0.1) is 0 Å². The summed E-state index contributed by atoms with van der Waals surface area (Å²) in [6, 6.07) is 3.63. The summed E-state index contributed by atoms with van der Waals surface area (Å²) in [4.78, 5) is 22.4. The maximum absolute atomic E-state index is 11.6. The minimum atomic E-state index is -1.06. The van der Waals surface area contributed by atoms with E-state index in [1.54, 1.807) is 25.1 Å². The molecule has 0 radical (unpaired) electrons. The maximum atomic E-state index is 11.6.